The van der Waals surface area contributed by atoms with Gasteiger partial charge in [0.05, 0.1) is 12.8 Å². The van der Waals surface area contributed by atoms with Crippen LogP contribution in [-0.4, -0.2) is 62.3 Å². The van der Waals surface area contributed by atoms with Crippen molar-refractivity contribution in [2.24, 2.45) is 0 Å². The van der Waals surface area contributed by atoms with E-state index in [0.717, 1.165) is 24.5 Å². The molecule has 0 bridgehead atoms. The minimum absolute atomic E-state index is 0.0520. The van der Waals surface area contributed by atoms with Crippen molar-refractivity contribution >= 4 is 17.7 Å². The lowest BCUT2D eigenvalue weighted by Crippen LogP contribution is -2.51. The zero-order valence-corrected chi connectivity index (χ0v) is 15.4. The topological polar surface area (TPSA) is 71.1 Å². The predicted octanol–water partition coefficient (Wildman–Crippen LogP) is 1.87. The number of carbonyl (C=O) groups excluding carboxylic acids is 2. The van der Waals surface area contributed by atoms with Gasteiger partial charge in [-0.3, -0.25) is 4.79 Å². The van der Waals surface area contributed by atoms with Gasteiger partial charge in [-0.25, -0.2) is 4.79 Å². The van der Waals surface area contributed by atoms with Gasteiger partial charge in [0.1, 0.15) is 17.9 Å². The zero-order valence-electron chi connectivity index (χ0n) is 15.4. The van der Waals surface area contributed by atoms with Gasteiger partial charge in [-0.05, 0) is 32.9 Å². The highest BCUT2D eigenvalue weighted by Gasteiger charge is 2.23. The zero-order chi connectivity index (χ0) is 18.4. The minimum atomic E-state index is -0.576. The van der Waals surface area contributed by atoms with Gasteiger partial charge in [0.25, 0.3) is 0 Å². The van der Waals surface area contributed by atoms with E-state index in [1.807, 2.05) is 24.3 Å². The highest BCUT2D eigenvalue weighted by atomic mass is 16.6. The van der Waals surface area contributed by atoms with Crippen LogP contribution in [0.3, 0.4) is 0 Å². The molecule has 7 heteroatoms. The molecule has 1 aliphatic rings. The van der Waals surface area contributed by atoms with Crippen molar-refractivity contribution in [1.29, 1.82) is 0 Å². The Kier molecular flexibility index (Phi) is 6.12. The number of benzene rings is 1. The molecule has 7 nitrogen and oxygen atoms in total. The van der Waals surface area contributed by atoms with E-state index in [0.29, 0.717) is 13.1 Å². The molecule has 0 aromatic heterocycles. The van der Waals surface area contributed by atoms with E-state index >= 15 is 0 Å². The van der Waals surface area contributed by atoms with E-state index in [-0.39, 0.29) is 12.5 Å². The summed E-state index contributed by atoms with van der Waals surface area (Å²) in [7, 11) is 1.65. The first-order valence-corrected chi connectivity index (χ1v) is 8.43. The third-order valence-corrected chi connectivity index (χ3v) is 3.84. The SMILES string of the molecule is COc1ccccc1N1CCN(C(=O)CNC(=O)OC(C)(C)C)CC1. The average molecular weight is 349 g/mol. The molecule has 2 amide bonds. The van der Waals surface area contributed by atoms with Crippen molar-refractivity contribution in [2.75, 3.05) is 44.7 Å². The Morgan fingerprint density at radius 3 is 2.36 bits per heavy atom. The van der Waals surface area contributed by atoms with Crippen molar-refractivity contribution < 1.29 is 19.1 Å². The Bertz CT molecular complexity index is 605. The molecule has 138 valence electrons. The molecule has 0 atom stereocenters. The fourth-order valence-electron chi connectivity index (χ4n) is 2.66. The monoisotopic (exact) mass is 349 g/mol. The second kappa shape index (κ2) is 8.09. The number of carbonyl (C=O) groups is 2. The fourth-order valence-corrected chi connectivity index (χ4v) is 2.66. The first-order chi connectivity index (χ1) is 11.8. The molecule has 2 rings (SSSR count). The summed E-state index contributed by atoms with van der Waals surface area (Å²) in [6.45, 7) is 7.95. The summed E-state index contributed by atoms with van der Waals surface area (Å²) in [4.78, 5) is 27.8. The van der Waals surface area contributed by atoms with Crippen molar-refractivity contribution in [3.05, 3.63) is 24.3 Å². The number of piperazine rings is 1. The molecule has 1 fully saturated rings. The number of hydrogen-bond donors (Lipinski definition) is 1. The van der Waals surface area contributed by atoms with Crippen LogP contribution < -0.4 is 15.0 Å². The van der Waals surface area contributed by atoms with Gasteiger partial charge in [-0.1, -0.05) is 12.1 Å². The number of rotatable bonds is 4. The first kappa shape index (κ1) is 18.9. The Labute approximate surface area is 148 Å². The maximum atomic E-state index is 12.2. The van der Waals surface area contributed by atoms with Crippen molar-refractivity contribution in [3.8, 4) is 5.75 Å². The molecule has 0 saturated carbocycles. The molecule has 1 aromatic carbocycles. The van der Waals surface area contributed by atoms with E-state index in [9.17, 15) is 9.59 Å². The fraction of sp³-hybridized carbons (Fsp3) is 0.556. The summed E-state index contributed by atoms with van der Waals surface area (Å²) >= 11 is 0. The molecule has 0 spiro atoms. The summed E-state index contributed by atoms with van der Waals surface area (Å²) in [5.41, 5.74) is 0.456. The largest absolute Gasteiger partial charge is 0.495 e. The summed E-state index contributed by atoms with van der Waals surface area (Å²) in [6, 6.07) is 7.85. The van der Waals surface area contributed by atoms with Gasteiger partial charge in [0.2, 0.25) is 5.91 Å². The maximum absolute atomic E-state index is 12.2. The van der Waals surface area contributed by atoms with Crippen LogP contribution in [0.4, 0.5) is 10.5 Å². The summed E-state index contributed by atoms with van der Waals surface area (Å²) in [6.07, 6.45) is -0.575. The lowest BCUT2D eigenvalue weighted by molar-refractivity contribution is -0.130. The number of nitrogens with zero attached hydrogens (tertiary/aromatic N) is 2. The number of para-hydroxylation sites is 2. The number of nitrogens with one attached hydrogen (secondary N) is 1. The third-order valence-electron chi connectivity index (χ3n) is 3.84. The van der Waals surface area contributed by atoms with Crippen LogP contribution in [0.5, 0.6) is 5.75 Å². The van der Waals surface area contributed by atoms with Crippen LogP contribution in [0, 0.1) is 0 Å². The third kappa shape index (κ3) is 5.55. The number of methoxy groups -OCH3 is 1. The van der Waals surface area contributed by atoms with E-state index in [4.69, 9.17) is 9.47 Å². The first-order valence-electron chi connectivity index (χ1n) is 8.43. The molecule has 0 unspecified atom stereocenters. The maximum Gasteiger partial charge on any atom is 0.408 e. The van der Waals surface area contributed by atoms with E-state index in [1.165, 1.54) is 0 Å². The summed E-state index contributed by atoms with van der Waals surface area (Å²) in [5.74, 6) is 0.722. The predicted molar refractivity (Wildman–Crippen MR) is 96.0 cm³/mol. The molecule has 0 radical (unpaired) electrons. The quantitative estimate of drug-likeness (QED) is 0.898. The Morgan fingerprint density at radius 2 is 1.76 bits per heavy atom. The lowest BCUT2D eigenvalue weighted by Gasteiger charge is -2.36. The molecule has 1 N–H and O–H groups in total. The normalized spacial score (nSPS) is 14.9. The molecule has 0 aliphatic carbocycles. The summed E-state index contributed by atoms with van der Waals surface area (Å²) in [5, 5.41) is 2.51. The van der Waals surface area contributed by atoms with Crippen LogP contribution >= 0.6 is 0 Å². The van der Waals surface area contributed by atoms with Gasteiger partial charge >= 0.3 is 6.09 Å². The number of alkyl carbamates (subject to hydrolysis) is 1. The second-order valence-corrected chi connectivity index (χ2v) is 6.90. The lowest BCUT2D eigenvalue weighted by atomic mass is 10.2. The van der Waals surface area contributed by atoms with Crippen LogP contribution in [0.1, 0.15) is 20.8 Å². The van der Waals surface area contributed by atoms with Crippen LogP contribution in [-0.2, 0) is 9.53 Å². The molecular weight excluding hydrogens is 322 g/mol. The molecule has 1 saturated heterocycles. The molecule has 1 heterocycles. The van der Waals surface area contributed by atoms with E-state index < -0.39 is 11.7 Å². The molecule has 1 aliphatic heterocycles. The standard InChI is InChI=1S/C18H27N3O4/c1-18(2,3)25-17(23)19-13-16(22)21-11-9-20(10-12-21)14-7-5-6-8-15(14)24-4/h5-8H,9-13H2,1-4H3,(H,19,23). The Morgan fingerprint density at radius 1 is 1.12 bits per heavy atom. The van der Waals surface area contributed by atoms with Crippen molar-refractivity contribution in [2.45, 2.75) is 26.4 Å². The second-order valence-electron chi connectivity index (χ2n) is 6.90. The highest BCUT2D eigenvalue weighted by Crippen LogP contribution is 2.28. The molecule has 25 heavy (non-hydrogen) atoms. The van der Waals surface area contributed by atoms with Gasteiger partial charge in [-0.2, -0.15) is 0 Å². The van der Waals surface area contributed by atoms with Crippen molar-refractivity contribution in [1.82, 2.24) is 10.2 Å². The minimum Gasteiger partial charge on any atom is -0.495 e. The van der Waals surface area contributed by atoms with Crippen LogP contribution in [0.15, 0.2) is 24.3 Å². The van der Waals surface area contributed by atoms with Crippen LogP contribution in [0.25, 0.3) is 0 Å². The van der Waals surface area contributed by atoms with Crippen molar-refractivity contribution in [3.63, 3.8) is 0 Å². The summed E-state index contributed by atoms with van der Waals surface area (Å²) < 4.78 is 10.5. The van der Waals surface area contributed by atoms with Gasteiger partial charge in [0, 0.05) is 26.2 Å². The van der Waals surface area contributed by atoms with E-state index in [1.54, 1.807) is 32.8 Å². The smallest absolute Gasteiger partial charge is 0.408 e. The number of anilines is 1. The van der Waals surface area contributed by atoms with Gasteiger partial charge < -0.3 is 24.6 Å². The molecular formula is C18H27N3O4. The van der Waals surface area contributed by atoms with Gasteiger partial charge in [-0.15, -0.1) is 0 Å². The van der Waals surface area contributed by atoms with E-state index in [2.05, 4.69) is 10.2 Å². The highest BCUT2D eigenvalue weighted by molar-refractivity contribution is 5.82. The number of hydrogen-bond acceptors (Lipinski definition) is 5. The average Bonchev–Trinajstić information content (AvgIpc) is 2.58. The number of ether oxygens (including phenoxy) is 2. The number of amides is 2. The Balaban J connectivity index is 1.81. The van der Waals surface area contributed by atoms with Crippen LogP contribution in [0.2, 0.25) is 0 Å². The Hall–Kier alpha value is -2.44. The van der Waals surface area contributed by atoms with Gasteiger partial charge in [0.15, 0.2) is 0 Å². The molecule has 1 aromatic rings.